The van der Waals surface area contributed by atoms with Crippen LogP contribution in [0.4, 0.5) is 4.39 Å². The van der Waals surface area contributed by atoms with Gasteiger partial charge in [-0.1, -0.05) is 31.4 Å². The molecule has 1 aliphatic carbocycles. The van der Waals surface area contributed by atoms with Crippen molar-refractivity contribution in [2.75, 3.05) is 6.54 Å². The number of aliphatic hydroxyl groups is 1. The van der Waals surface area contributed by atoms with Gasteiger partial charge in [-0.2, -0.15) is 0 Å². The molecule has 0 saturated heterocycles. The molecule has 0 amide bonds. The van der Waals surface area contributed by atoms with Gasteiger partial charge in [0.1, 0.15) is 5.82 Å². The Balaban J connectivity index is 2.09. The molecule has 118 valence electrons. The Bertz CT molecular complexity index is 623. The van der Waals surface area contributed by atoms with Crippen LogP contribution in [0, 0.1) is 11.7 Å². The summed E-state index contributed by atoms with van der Waals surface area (Å²) < 4.78 is 39.8. The van der Waals surface area contributed by atoms with E-state index in [1.54, 1.807) is 0 Å². The molecule has 21 heavy (non-hydrogen) atoms. The van der Waals surface area contributed by atoms with Gasteiger partial charge in [-0.25, -0.2) is 17.5 Å². The van der Waals surface area contributed by atoms with Crippen LogP contribution >= 0.6 is 11.6 Å². The Morgan fingerprint density at radius 1 is 1.52 bits per heavy atom. The SMILES string of the molecule is CC1CCCC(O)(CNS(=O)(=O)c2ccc(F)c(Cl)c2)C1. The number of benzene rings is 1. The lowest BCUT2D eigenvalue weighted by Crippen LogP contribution is -2.45. The first-order chi connectivity index (χ1) is 9.72. The molecule has 4 nitrogen and oxygen atoms in total. The maximum atomic E-state index is 13.1. The van der Waals surface area contributed by atoms with Crippen LogP contribution in [0.25, 0.3) is 0 Å². The van der Waals surface area contributed by atoms with Crippen LogP contribution in [0.15, 0.2) is 23.1 Å². The van der Waals surface area contributed by atoms with E-state index < -0.39 is 21.4 Å². The number of halogens is 2. The van der Waals surface area contributed by atoms with E-state index in [0.717, 1.165) is 31.0 Å². The van der Waals surface area contributed by atoms with E-state index >= 15 is 0 Å². The lowest BCUT2D eigenvalue weighted by atomic mass is 9.79. The highest BCUT2D eigenvalue weighted by molar-refractivity contribution is 7.89. The molecule has 1 saturated carbocycles. The van der Waals surface area contributed by atoms with Crippen molar-refractivity contribution in [1.82, 2.24) is 4.72 Å². The summed E-state index contributed by atoms with van der Waals surface area (Å²) in [6.07, 6.45) is 3.06. The van der Waals surface area contributed by atoms with Gasteiger partial charge >= 0.3 is 0 Å². The predicted molar refractivity (Wildman–Crippen MR) is 79.2 cm³/mol. The first-order valence-corrected chi connectivity index (χ1v) is 8.75. The summed E-state index contributed by atoms with van der Waals surface area (Å²) in [7, 11) is -3.82. The molecule has 1 fully saturated rings. The van der Waals surface area contributed by atoms with Crippen LogP contribution in [-0.2, 0) is 10.0 Å². The minimum atomic E-state index is -3.82. The maximum Gasteiger partial charge on any atom is 0.240 e. The van der Waals surface area contributed by atoms with E-state index in [9.17, 15) is 17.9 Å². The molecule has 2 rings (SSSR count). The van der Waals surface area contributed by atoms with Crippen molar-refractivity contribution in [2.45, 2.75) is 43.1 Å². The lowest BCUT2D eigenvalue weighted by molar-refractivity contribution is -0.00751. The molecule has 0 bridgehead atoms. The smallest absolute Gasteiger partial charge is 0.240 e. The van der Waals surface area contributed by atoms with Crippen molar-refractivity contribution in [3.05, 3.63) is 29.0 Å². The first kappa shape index (κ1) is 16.7. The highest BCUT2D eigenvalue weighted by Gasteiger charge is 2.33. The van der Waals surface area contributed by atoms with Crippen molar-refractivity contribution in [3.63, 3.8) is 0 Å². The fourth-order valence-electron chi connectivity index (χ4n) is 2.75. The number of hydrogen-bond donors (Lipinski definition) is 2. The van der Waals surface area contributed by atoms with E-state index in [1.807, 2.05) is 6.92 Å². The Morgan fingerprint density at radius 3 is 2.86 bits per heavy atom. The van der Waals surface area contributed by atoms with E-state index in [4.69, 9.17) is 11.6 Å². The summed E-state index contributed by atoms with van der Waals surface area (Å²) in [6.45, 7) is 1.99. The van der Waals surface area contributed by atoms with Gasteiger partial charge < -0.3 is 5.11 Å². The van der Waals surface area contributed by atoms with Gasteiger partial charge in [0.05, 0.1) is 15.5 Å². The maximum absolute atomic E-state index is 13.1. The molecule has 0 spiro atoms. The predicted octanol–water partition coefficient (Wildman–Crippen LogP) is 2.70. The second kappa shape index (κ2) is 6.20. The monoisotopic (exact) mass is 335 g/mol. The van der Waals surface area contributed by atoms with Crippen molar-refractivity contribution >= 4 is 21.6 Å². The summed E-state index contributed by atoms with van der Waals surface area (Å²) in [5, 5.41) is 10.2. The topological polar surface area (TPSA) is 66.4 Å². The number of sulfonamides is 1. The zero-order valence-electron chi connectivity index (χ0n) is 11.8. The quantitative estimate of drug-likeness (QED) is 0.889. The average Bonchev–Trinajstić information content (AvgIpc) is 2.40. The molecule has 0 aromatic heterocycles. The summed E-state index contributed by atoms with van der Waals surface area (Å²) >= 11 is 5.60. The van der Waals surface area contributed by atoms with Crippen molar-refractivity contribution in [2.24, 2.45) is 5.92 Å². The van der Waals surface area contributed by atoms with Crippen molar-refractivity contribution < 1.29 is 17.9 Å². The molecule has 0 heterocycles. The van der Waals surface area contributed by atoms with E-state index in [-0.39, 0.29) is 16.5 Å². The van der Waals surface area contributed by atoms with Gasteiger partial charge in [-0.15, -0.1) is 0 Å². The molecule has 1 aliphatic rings. The van der Waals surface area contributed by atoms with Gasteiger partial charge in [0.25, 0.3) is 0 Å². The molecule has 1 aromatic rings. The van der Waals surface area contributed by atoms with Crippen LogP contribution in [0.1, 0.15) is 32.6 Å². The summed E-state index contributed by atoms with van der Waals surface area (Å²) in [4.78, 5) is -0.110. The number of hydrogen-bond acceptors (Lipinski definition) is 3. The van der Waals surface area contributed by atoms with Crippen LogP contribution < -0.4 is 4.72 Å². The zero-order chi connectivity index (χ0) is 15.7. The van der Waals surface area contributed by atoms with E-state index in [0.29, 0.717) is 18.8 Å². The zero-order valence-corrected chi connectivity index (χ0v) is 13.3. The first-order valence-electron chi connectivity index (χ1n) is 6.89. The Labute approximate surface area is 129 Å². The molecule has 0 radical (unpaired) electrons. The lowest BCUT2D eigenvalue weighted by Gasteiger charge is -2.35. The second-order valence-electron chi connectivity index (χ2n) is 5.83. The molecular formula is C14H19ClFNO3S. The highest BCUT2D eigenvalue weighted by Crippen LogP contribution is 2.32. The second-order valence-corrected chi connectivity index (χ2v) is 8.00. The molecule has 2 N–H and O–H groups in total. The van der Waals surface area contributed by atoms with Crippen molar-refractivity contribution in [3.8, 4) is 0 Å². The highest BCUT2D eigenvalue weighted by atomic mass is 35.5. The molecule has 2 atom stereocenters. The van der Waals surface area contributed by atoms with E-state index in [2.05, 4.69) is 4.72 Å². The Hall–Kier alpha value is -0.690. The van der Waals surface area contributed by atoms with Gasteiger partial charge in [0.2, 0.25) is 10.0 Å². The van der Waals surface area contributed by atoms with Crippen LogP contribution in [0.2, 0.25) is 5.02 Å². The summed E-state index contributed by atoms with van der Waals surface area (Å²) in [5.41, 5.74) is -1.02. The summed E-state index contributed by atoms with van der Waals surface area (Å²) in [6, 6.07) is 3.22. The minimum absolute atomic E-state index is 0.0470. The number of nitrogens with one attached hydrogen (secondary N) is 1. The van der Waals surface area contributed by atoms with Gasteiger partial charge in [-0.05, 0) is 37.0 Å². The average molecular weight is 336 g/mol. The standard InChI is InChI=1S/C14H19ClFNO3S/c1-10-3-2-6-14(18,8-10)9-17-21(19,20)11-4-5-13(16)12(15)7-11/h4-5,7,10,17-18H,2-3,6,8-9H2,1H3. The fraction of sp³-hybridized carbons (Fsp3) is 0.571. The Morgan fingerprint density at radius 2 is 2.24 bits per heavy atom. The summed E-state index contributed by atoms with van der Waals surface area (Å²) in [5.74, 6) is -0.302. The molecule has 0 aliphatic heterocycles. The minimum Gasteiger partial charge on any atom is -0.389 e. The van der Waals surface area contributed by atoms with Crippen molar-refractivity contribution in [1.29, 1.82) is 0 Å². The third-order valence-corrected chi connectivity index (χ3v) is 5.55. The van der Waals surface area contributed by atoms with E-state index in [1.165, 1.54) is 0 Å². The van der Waals surface area contributed by atoms with Crippen LogP contribution in [-0.4, -0.2) is 25.7 Å². The van der Waals surface area contributed by atoms with Crippen LogP contribution in [0.5, 0.6) is 0 Å². The van der Waals surface area contributed by atoms with Gasteiger partial charge in [0, 0.05) is 6.54 Å². The third kappa shape index (κ3) is 4.16. The van der Waals surface area contributed by atoms with Crippen LogP contribution in [0.3, 0.4) is 0 Å². The largest absolute Gasteiger partial charge is 0.389 e. The molecule has 7 heteroatoms. The number of rotatable bonds is 4. The Kier molecular flexibility index (Phi) is 4.92. The molecular weight excluding hydrogens is 317 g/mol. The normalized spacial score (nSPS) is 26.8. The molecule has 1 aromatic carbocycles. The third-order valence-electron chi connectivity index (χ3n) is 3.86. The van der Waals surface area contributed by atoms with Gasteiger partial charge in [0.15, 0.2) is 0 Å². The molecule has 2 unspecified atom stereocenters. The fourth-order valence-corrected chi connectivity index (χ4v) is 4.14. The van der Waals surface area contributed by atoms with Gasteiger partial charge in [-0.3, -0.25) is 0 Å².